The summed E-state index contributed by atoms with van der Waals surface area (Å²) in [7, 11) is -0.719. The molecule has 7 rings (SSSR count). The summed E-state index contributed by atoms with van der Waals surface area (Å²) in [5.41, 5.74) is 5.52. The Balaban J connectivity index is 1.54. The van der Waals surface area contributed by atoms with Crippen LogP contribution in [-0.2, 0) is 4.74 Å². The molecule has 0 amide bonds. The first-order chi connectivity index (χ1) is 25.4. The third-order valence-corrected chi connectivity index (χ3v) is 19.1. The number of nitrogens with zero attached hydrogens (tertiary/aromatic N) is 4. The van der Waals surface area contributed by atoms with Gasteiger partial charge in [-0.25, -0.2) is 23.7 Å². The first-order valence-corrected chi connectivity index (χ1v) is 22.5. The van der Waals surface area contributed by atoms with Crippen LogP contribution in [0.2, 0.25) is 16.6 Å². The van der Waals surface area contributed by atoms with Gasteiger partial charge in [-0.1, -0.05) is 79.1 Å². The van der Waals surface area contributed by atoms with E-state index < -0.39 is 19.7 Å². The van der Waals surface area contributed by atoms with Crippen molar-refractivity contribution in [3.8, 4) is 34.4 Å². The highest BCUT2D eigenvalue weighted by molar-refractivity contribution is 7.99. The summed E-state index contributed by atoms with van der Waals surface area (Å²) in [5, 5.41) is 2.15. The Labute approximate surface area is 318 Å². The van der Waals surface area contributed by atoms with Crippen molar-refractivity contribution in [3.63, 3.8) is 0 Å². The number of pyridine rings is 1. The molecule has 2 aromatic heterocycles. The van der Waals surface area contributed by atoms with Gasteiger partial charge in [-0.15, -0.1) is 5.54 Å². The van der Waals surface area contributed by atoms with Crippen molar-refractivity contribution < 1.29 is 23.0 Å². The second-order valence-corrected chi connectivity index (χ2v) is 22.7. The van der Waals surface area contributed by atoms with Gasteiger partial charge in [-0.05, 0) is 83.5 Å². The molecule has 4 aromatic rings. The molecule has 2 aromatic carbocycles. The lowest BCUT2D eigenvalue weighted by atomic mass is 9.86. The third kappa shape index (κ3) is 6.46. The van der Waals surface area contributed by atoms with Crippen molar-refractivity contribution in [2.24, 2.45) is 11.8 Å². The fourth-order valence-corrected chi connectivity index (χ4v) is 15.6. The van der Waals surface area contributed by atoms with Crippen LogP contribution in [0.4, 0.5) is 14.6 Å². The van der Waals surface area contributed by atoms with E-state index in [0.717, 1.165) is 25.1 Å². The second kappa shape index (κ2) is 15.0. The van der Waals surface area contributed by atoms with E-state index in [1.807, 2.05) is 13.0 Å². The largest absolute Gasteiger partial charge is 0.472 e. The number of ether oxygens (including phenoxy) is 3. The molecule has 0 radical (unpaired) electrons. The van der Waals surface area contributed by atoms with Gasteiger partial charge in [0.25, 0.3) is 0 Å². The minimum absolute atomic E-state index is 0.0160. The average molecular weight is 759 g/mol. The lowest BCUT2D eigenvalue weighted by Gasteiger charge is -2.43. The maximum atomic E-state index is 17.6. The van der Waals surface area contributed by atoms with E-state index in [4.69, 9.17) is 29.2 Å². The fourth-order valence-electron chi connectivity index (χ4n) is 9.82. The maximum Gasteiger partial charge on any atom is 0.227 e. The molecule has 0 spiro atoms. The van der Waals surface area contributed by atoms with Crippen LogP contribution < -0.4 is 14.4 Å². The number of methoxy groups -OCH3 is 1. The van der Waals surface area contributed by atoms with Crippen molar-refractivity contribution >= 4 is 47.3 Å². The molecule has 0 unspecified atom stereocenters. The molecule has 2 fully saturated rings. The molecule has 4 heterocycles. The minimum atomic E-state index is -2.26. The van der Waals surface area contributed by atoms with Gasteiger partial charge in [0.15, 0.2) is 17.8 Å². The van der Waals surface area contributed by atoms with Crippen LogP contribution in [0.1, 0.15) is 86.6 Å². The molecule has 4 atom stereocenters. The van der Waals surface area contributed by atoms with Gasteiger partial charge in [0.1, 0.15) is 48.2 Å². The van der Waals surface area contributed by atoms with E-state index >= 15 is 8.78 Å². The zero-order valence-corrected chi connectivity index (χ0v) is 34.3. The number of rotatable bonds is 10. The van der Waals surface area contributed by atoms with E-state index in [0.29, 0.717) is 72.8 Å². The van der Waals surface area contributed by atoms with E-state index in [1.54, 1.807) is 19.2 Å². The standard InChI is InChI=1S/C42H52F2N4O3SSi/c1-10-33-39-28-13-12-26(18-28)21-48(39)40-35-38(46-42(47-40)52-11-2)36(44)37(45-41(35)51-33)31-20-29(50-22-49-9)19-27-14-15-32(43)30(34(27)31)16-17-53(23(3)4,24(5)6)25(7)8/h14-15,19-20,23-26,28,33,39H,10-13,18,21-22H2,1-9H3/t26-,28+,33-,39-/m0/s1. The first-order valence-electron chi connectivity index (χ1n) is 19.3. The quantitative estimate of drug-likeness (QED) is 0.0521. The molecule has 1 saturated carbocycles. The van der Waals surface area contributed by atoms with Gasteiger partial charge in [-0.2, -0.15) is 0 Å². The molecule has 0 N–H and O–H groups in total. The van der Waals surface area contributed by atoms with E-state index in [9.17, 15) is 0 Å². The smallest absolute Gasteiger partial charge is 0.227 e. The van der Waals surface area contributed by atoms with E-state index in [-0.39, 0.29) is 35.7 Å². The highest BCUT2D eigenvalue weighted by Crippen LogP contribution is 2.50. The van der Waals surface area contributed by atoms with Crippen LogP contribution in [0.15, 0.2) is 29.4 Å². The van der Waals surface area contributed by atoms with Crippen molar-refractivity contribution in [1.82, 2.24) is 15.0 Å². The number of hydrogen-bond acceptors (Lipinski definition) is 8. The number of thioether (sulfide) groups is 1. The first kappa shape index (κ1) is 37.8. The highest BCUT2D eigenvalue weighted by atomic mass is 32.2. The van der Waals surface area contributed by atoms with Gasteiger partial charge in [0.2, 0.25) is 5.88 Å². The maximum absolute atomic E-state index is 17.6. The summed E-state index contributed by atoms with van der Waals surface area (Å²) in [6, 6.07) is 6.77. The van der Waals surface area contributed by atoms with E-state index in [2.05, 4.69) is 64.8 Å². The molecule has 1 aliphatic carbocycles. The van der Waals surface area contributed by atoms with Gasteiger partial charge >= 0.3 is 0 Å². The third-order valence-electron chi connectivity index (χ3n) is 12.1. The molecule has 7 nitrogen and oxygen atoms in total. The topological polar surface area (TPSA) is 69.6 Å². The molecule has 2 bridgehead atoms. The predicted molar refractivity (Wildman–Crippen MR) is 214 cm³/mol. The number of hydrogen-bond donors (Lipinski definition) is 0. The summed E-state index contributed by atoms with van der Waals surface area (Å²) in [6.07, 6.45) is 4.09. The van der Waals surface area contributed by atoms with Crippen molar-refractivity contribution in [1.29, 1.82) is 0 Å². The average Bonchev–Trinajstić information content (AvgIpc) is 3.44. The zero-order valence-electron chi connectivity index (χ0n) is 32.5. The van der Waals surface area contributed by atoms with E-state index in [1.165, 1.54) is 30.7 Å². The normalized spacial score (nSPS) is 20.9. The zero-order chi connectivity index (χ0) is 37.8. The van der Waals surface area contributed by atoms with Crippen molar-refractivity contribution in [2.45, 2.75) is 115 Å². The summed E-state index contributed by atoms with van der Waals surface area (Å²) in [4.78, 5) is 17.3. The Kier molecular flexibility index (Phi) is 10.7. The monoisotopic (exact) mass is 758 g/mol. The molecule has 53 heavy (non-hydrogen) atoms. The summed E-state index contributed by atoms with van der Waals surface area (Å²) in [5.74, 6) is 5.52. The Bertz CT molecular complexity index is 2080. The van der Waals surface area contributed by atoms with Gasteiger partial charge < -0.3 is 19.1 Å². The molecule has 3 aliphatic rings. The molecule has 282 valence electrons. The predicted octanol–water partition coefficient (Wildman–Crippen LogP) is 10.6. The molecule has 2 aliphatic heterocycles. The van der Waals surface area contributed by atoms with Crippen LogP contribution >= 0.6 is 11.8 Å². The Hall–Kier alpha value is -3.46. The van der Waals surface area contributed by atoms with Gasteiger partial charge in [0, 0.05) is 24.6 Å². The van der Waals surface area contributed by atoms with Crippen LogP contribution in [0.3, 0.4) is 0 Å². The summed E-state index contributed by atoms with van der Waals surface area (Å²) >= 11 is 1.49. The summed E-state index contributed by atoms with van der Waals surface area (Å²) < 4.78 is 52.0. The number of aromatic nitrogens is 3. The highest BCUT2D eigenvalue weighted by Gasteiger charge is 2.48. The number of fused-ring (bicyclic) bond motifs is 6. The molecular formula is C42H52F2N4O3SSi. The van der Waals surface area contributed by atoms with Crippen LogP contribution in [0, 0.1) is 34.9 Å². The van der Waals surface area contributed by atoms with Crippen molar-refractivity contribution in [3.05, 3.63) is 41.5 Å². The summed E-state index contributed by atoms with van der Waals surface area (Å²) in [6.45, 7) is 18.4. The SMILES string of the molecule is CCSc1nc2c3c(nc(-c4cc(OCOC)cc5ccc(F)c(C#C[Si](C(C)C)(C(C)C)C(C)C)c45)c(F)c3n1)O[C@@H](CC)[C@@H]1[C@@H]3CC[C@@H](C3)CN21. The van der Waals surface area contributed by atoms with Crippen molar-refractivity contribution in [2.75, 3.05) is 31.1 Å². The number of benzene rings is 2. The lowest BCUT2D eigenvalue weighted by Crippen LogP contribution is -2.53. The van der Waals surface area contributed by atoms with Crippen LogP contribution in [0.25, 0.3) is 32.9 Å². The van der Waals surface area contributed by atoms with Crippen LogP contribution in [0.5, 0.6) is 11.6 Å². The minimum Gasteiger partial charge on any atom is -0.472 e. The molecular weight excluding hydrogens is 707 g/mol. The number of anilines is 1. The second-order valence-electron chi connectivity index (χ2n) is 15.9. The molecule has 11 heteroatoms. The Morgan fingerprint density at radius 2 is 1.75 bits per heavy atom. The number of piperidine rings is 1. The number of halogens is 2. The van der Waals surface area contributed by atoms with Gasteiger partial charge in [0.05, 0.1) is 11.6 Å². The Morgan fingerprint density at radius 1 is 1.00 bits per heavy atom. The van der Waals surface area contributed by atoms with Crippen LogP contribution in [-0.4, -0.2) is 61.4 Å². The fraction of sp³-hybridized carbons (Fsp3) is 0.548. The van der Waals surface area contributed by atoms with Gasteiger partial charge in [-0.3, -0.25) is 0 Å². The molecule has 1 saturated heterocycles. The Morgan fingerprint density at radius 3 is 2.43 bits per heavy atom. The lowest BCUT2D eigenvalue weighted by molar-refractivity contribution is 0.0512.